The van der Waals surface area contributed by atoms with Gasteiger partial charge in [-0.1, -0.05) is 6.07 Å². The molecule has 0 radical (unpaired) electrons. The van der Waals surface area contributed by atoms with Gasteiger partial charge in [-0.15, -0.1) is 0 Å². The van der Waals surface area contributed by atoms with Crippen LogP contribution in [0.2, 0.25) is 0 Å². The predicted molar refractivity (Wildman–Crippen MR) is 72.5 cm³/mol. The zero-order chi connectivity index (χ0) is 13.1. The molecule has 0 saturated carbocycles. The minimum atomic E-state index is -0.202. The maximum absolute atomic E-state index is 11.9. The highest BCUT2D eigenvalue weighted by Crippen LogP contribution is 2.27. The third kappa shape index (κ3) is 2.56. The van der Waals surface area contributed by atoms with Crippen molar-refractivity contribution in [3.8, 4) is 17.2 Å². The van der Waals surface area contributed by atoms with E-state index in [-0.39, 0.29) is 11.3 Å². The Balaban J connectivity index is 2.40. The summed E-state index contributed by atoms with van der Waals surface area (Å²) in [7, 11) is 3.25. The van der Waals surface area contributed by atoms with Crippen LogP contribution in [0.4, 0.5) is 0 Å². The summed E-state index contributed by atoms with van der Waals surface area (Å²) in [6.45, 7) is 0. The van der Waals surface area contributed by atoms with Crippen molar-refractivity contribution in [1.29, 1.82) is 0 Å². The molecule has 1 heterocycles. The molecule has 4 nitrogen and oxygen atoms in total. The maximum Gasteiger partial charge on any atom is 0.294 e. The number of hydrogen-bond acceptors (Lipinski definition) is 3. The average Bonchev–Trinajstić information content (AvgIpc) is 2.39. The number of nitrogens with zero attached hydrogens (tertiary/aromatic N) is 1. The summed E-state index contributed by atoms with van der Waals surface area (Å²) in [6, 6.07) is 8.86. The summed E-state index contributed by atoms with van der Waals surface area (Å²) in [4.78, 5) is 11.9. The standard InChI is InChI=1S/C13H12BrNO3/c1-15-7-6-11(14)12(13(15)16)18-10-5-3-4-9(8-10)17-2/h3-8H,1-2H3. The molecule has 2 rings (SSSR count). The van der Waals surface area contributed by atoms with Crippen LogP contribution in [0.3, 0.4) is 0 Å². The number of benzene rings is 1. The summed E-state index contributed by atoms with van der Waals surface area (Å²) in [5.41, 5.74) is -0.202. The Morgan fingerprint density at radius 3 is 2.67 bits per heavy atom. The normalized spacial score (nSPS) is 10.2. The van der Waals surface area contributed by atoms with E-state index in [1.807, 2.05) is 6.07 Å². The fourth-order valence-corrected chi connectivity index (χ4v) is 1.83. The number of rotatable bonds is 3. The first-order valence-corrected chi connectivity index (χ1v) is 6.08. The molecule has 0 spiro atoms. The van der Waals surface area contributed by atoms with Crippen molar-refractivity contribution >= 4 is 15.9 Å². The lowest BCUT2D eigenvalue weighted by atomic mass is 10.3. The summed E-state index contributed by atoms with van der Waals surface area (Å²) >= 11 is 3.30. The molecule has 0 saturated heterocycles. The van der Waals surface area contributed by atoms with Crippen LogP contribution in [0.1, 0.15) is 0 Å². The fourth-order valence-electron chi connectivity index (χ4n) is 1.46. The van der Waals surface area contributed by atoms with Gasteiger partial charge < -0.3 is 14.0 Å². The lowest BCUT2D eigenvalue weighted by Gasteiger charge is -2.09. The van der Waals surface area contributed by atoms with Crippen LogP contribution in [0.15, 0.2) is 45.8 Å². The Morgan fingerprint density at radius 2 is 1.94 bits per heavy atom. The molecule has 0 aliphatic carbocycles. The number of ether oxygens (including phenoxy) is 2. The minimum Gasteiger partial charge on any atom is -0.497 e. The fraction of sp³-hybridized carbons (Fsp3) is 0.154. The van der Waals surface area contributed by atoms with Crippen molar-refractivity contribution in [2.45, 2.75) is 0 Å². The molecule has 94 valence electrons. The van der Waals surface area contributed by atoms with Gasteiger partial charge >= 0.3 is 0 Å². The average molecular weight is 310 g/mol. The van der Waals surface area contributed by atoms with E-state index >= 15 is 0 Å². The van der Waals surface area contributed by atoms with E-state index in [1.165, 1.54) is 4.57 Å². The van der Waals surface area contributed by atoms with Crippen LogP contribution in [-0.4, -0.2) is 11.7 Å². The van der Waals surface area contributed by atoms with Crippen molar-refractivity contribution in [3.05, 3.63) is 51.4 Å². The summed E-state index contributed by atoms with van der Waals surface area (Å²) in [6.07, 6.45) is 1.67. The molecule has 1 aromatic carbocycles. The van der Waals surface area contributed by atoms with E-state index in [4.69, 9.17) is 9.47 Å². The molecule has 1 aromatic heterocycles. The highest BCUT2D eigenvalue weighted by Gasteiger charge is 2.09. The highest BCUT2D eigenvalue weighted by atomic mass is 79.9. The quantitative estimate of drug-likeness (QED) is 0.875. The molecule has 0 fully saturated rings. The maximum atomic E-state index is 11.9. The van der Waals surface area contributed by atoms with Gasteiger partial charge in [-0.25, -0.2) is 0 Å². The second-order valence-corrected chi connectivity index (χ2v) is 4.54. The molecule has 2 aromatic rings. The number of halogens is 1. The zero-order valence-corrected chi connectivity index (χ0v) is 11.6. The molecule has 0 atom stereocenters. The van der Waals surface area contributed by atoms with Gasteiger partial charge in [0.05, 0.1) is 11.6 Å². The highest BCUT2D eigenvalue weighted by molar-refractivity contribution is 9.10. The number of methoxy groups -OCH3 is 1. The topological polar surface area (TPSA) is 40.5 Å². The third-order valence-electron chi connectivity index (χ3n) is 2.44. The number of pyridine rings is 1. The molecule has 0 unspecified atom stereocenters. The van der Waals surface area contributed by atoms with Gasteiger partial charge in [0, 0.05) is 19.3 Å². The van der Waals surface area contributed by atoms with E-state index in [1.54, 1.807) is 44.6 Å². The van der Waals surface area contributed by atoms with E-state index < -0.39 is 0 Å². The minimum absolute atomic E-state index is 0.202. The molecular weight excluding hydrogens is 298 g/mol. The molecule has 0 bridgehead atoms. The molecule has 0 amide bonds. The predicted octanol–water partition coefficient (Wildman–Crippen LogP) is 2.95. The lowest BCUT2D eigenvalue weighted by Crippen LogP contribution is -2.17. The second kappa shape index (κ2) is 5.27. The molecular formula is C13H12BrNO3. The zero-order valence-electron chi connectivity index (χ0n) is 10.0. The van der Waals surface area contributed by atoms with E-state index in [0.717, 1.165) is 0 Å². The Bertz CT molecular complexity index is 622. The van der Waals surface area contributed by atoms with Gasteiger partial charge in [0.15, 0.2) is 0 Å². The number of aryl methyl sites for hydroxylation is 1. The number of hydrogen-bond donors (Lipinski definition) is 0. The third-order valence-corrected chi connectivity index (χ3v) is 3.06. The molecule has 18 heavy (non-hydrogen) atoms. The van der Waals surface area contributed by atoms with Gasteiger partial charge in [-0.3, -0.25) is 4.79 Å². The first kappa shape index (κ1) is 12.7. The summed E-state index contributed by atoms with van der Waals surface area (Å²) in [5.74, 6) is 1.49. The van der Waals surface area contributed by atoms with Crippen molar-refractivity contribution < 1.29 is 9.47 Å². The monoisotopic (exact) mass is 309 g/mol. The molecule has 0 aliphatic rings. The summed E-state index contributed by atoms with van der Waals surface area (Å²) in [5, 5.41) is 0. The van der Waals surface area contributed by atoms with Crippen LogP contribution in [-0.2, 0) is 7.05 Å². The van der Waals surface area contributed by atoms with E-state index in [2.05, 4.69) is 15.9 Å². The van der Waals surface area contributed by atoms with Crippen LogP contribution >= 0.6 is 15.9 Å². The Hall–Kier alpha value is -1.75. The molecule has 0 aliphatic heterocycles. The van der Waals surface area contributed by atoms with Crippen molar-refractivity contribution in [2.24, 2.45) is 7.05 Å². The van der Waals surface area contributed by atoms with Gasteiger partial charge in [0.1, 0.15) is 11.5 Å². The van der Waals surface area contributed by atoms with Crippen LogP contribution in [0.25, 0.3) is 0 Å². The van der Waals surface area contributed by atoms with Crippen LogP contribution in [0, 0.1) is 0 Å². The first-order chi connectivity index (χ1) is 8.61. The second-order valence-electron chi connectivity index (χ2n) is 3.69. The van der Waals surface area contributed by atoms with E-state index in [0.29, 0.717) is 16.0 Å². The van der Waals surface area contributed by atoms with E-state index in [9.17, 15) is 4.79 Å². The van der Waals surface area contributed by atoms with Crippen molar-refractivity contribution in [3.63, 3.8) is 0 Å². The first-order valence-electron chi connectivity index (χ1n) is 5.29. The van der Waals surface area contributed by atoms with Crippen molar-refractivity contribution in [1.82, 2.24) is 4.57 Å². The van der Waals surface area contributed by atoms with Crippen LogP contribution < -0.4 is 15.0 Å². The van der Waals surface area contributed by atoms with Gasteiger partial charge in [0.25, 0.3) is 5.56 Å². The smallest absolute Gasteiger partial charge is 0.294 e. The molecule has 5 heteroatoms. The van der Waals surface area contributed by atoms with Crippen LogP contribution in [0.5, 0.6) is 17.2 Å². The molecule has 0 N–H and O–H groups in total. The Kier molecular flexibility index (Phi) is 3.72. The van der Waals surface area contributed by atoms with Gasteiger partial charge in [-0.2, -0.15) is 0 Å². The number of aromatic nitrogens is 1. The lowest BCUT2D eigenvalue weighted by molar-refractivity contribution is 0.408. The van der Waals surface area contributed by atoms with Gasteiger partial charge in [-0.05, 0) is 34.1 Å². The van der Waals surface area contributed by atoms with Crippen molar-refractivity contribution in [2.75, 3.05) is 7.11 Å². The summed E-state index contributed by atoms with van der Waals surface area (Å²) < 4.78 is 12.8. The SMILES string of the molecule is COc1cccc(Oc2c(Br)ccn(C)c2=O)c1. The van der Waals surface area contributed by atoms with Gasteiger partial charge in [0.2, 0.25) is 5.75 Å². The Labute approximate surface area is 113 Å². The Morgan fingerprint density at radius 1 is 1.22 bits per heavy atom. The largest absolute Gasteiger partial charge is 0.497 e.